The predicted molar refractivity (Wildman–Crippen MR) is 109 cm³/mol. The average Bonchev–Trinajstić information content (AvgIpc) is 3.21. The van der Waals surface area contributed by atoms with Crippen molar-refractivity contribution in [1.82, 2.24) is 4.57 Å². The zero-order valence-corrected chi connectivity index (χ0v) is 16.6. The van der Waals surface area contributed by atoms with E-state index in [1.807, 2.05) is 25.1 Å². The first kappa shape index (κ1) is 19.0. The van der Waals surface area contributed by atoms with Crippen molar-refractivity contribution in [2.75, 3.05) is 24.7 Å². The quantitative estimate of drug-likeness (QED) is 0.586. The summed E-state index contributed by atoms with van der Waals surface area (Å²) in [7, 11) is 1.80. The van der Waals surface area contributed by atoms with Gasteiger partial charge in [-0.3, -0.25) is 4.79 Å². The lowest BCUT2D eigenvalue weighted by Gasteiger charge is -2.34. The monoisotopic (exact) mass is 386 g/mol. The molecule has 6 nitrogen and oxygen atoms in total. The van der Waals surface area contributed by atoms with Crippen LogP contribution in [0, 0.1) is 29.6 Å². The van der Waals surface area contributed by atoms with Crippen LogP contribution in [0.2, 0.25) is 0 Å². The molecule has 4 rings (SSSR count). The van der Waals surface area contributed by atoms with Crippen molar-refractivity contribution >= 4 is 17.7 Å². The third kappa shape index (κ3) is 3.03. The summed E-state index contributed by atoms with van der Waals surface area (Å²) in [5.41, 5.74) is 4.04. The summed E-state index contributed by atoms with van der Waals surface area (Å²) in [6.07, 6.45) is 3.32. The molecule has 2 aliphatic rings. The van der Waals surface area contributed by atoms with Gasteiger partial charge in [-0.2, -0.15) is 10.5 Å². The van der Waals surface area contributed by atoms with E-state index in [2.05, 4.69) is 18.2 Å². The minimum atomic E-state index is -0.301. The van der Waals surface area contributed by atoms with Crippen molar-refractivity contribution in [2.24, 2.45) is 7.05 Å². The van der Waals surface area contributed by atoms with E-state index < -0.39 is 0 Å². The molecule has 0 radical (unpaired) electrons. The number of amides is 1. The van der Waals surface area contributed by atoms with Crippen LogP contribution >= 0.6 is 0 Å². The Morgan fingerprint density at radius 2 is 1.97 bits per heavy atom. The van der Waals surface area contributed by atoms with Gasteiger partial charge in [0.25, 0.3) is 5.91 Å². The number of carbonyl (C=O) groups excluding carboxylic acids is 1. The number of hydrogen-bond acceptors (Lipinski definition) is 4. The lowest BCUT2D eigenvalue weighted by Crippen LogP contribution is -2.41. The Bertz CT molecular complexity index is 1090. The molecule has 0 bridgehead atoms. The maximum Gasteiger partial charge on any atom is 0.268 e. The fourth-order valence-corrected chi connectivity index (χ4v) is 4.42. The van der Waals surface area contributed by atoms with Crippen molar-refractivity contribution < 1.29 is 9.53 Å². The topological polar surface area (TPSA) is 82.1 Å². The van der Waals surface area contributed by atoms with E-state index in [1.54, 1.807) is 28.7 Å². The Morgan fingerprint density at radius 3 is 2.62 bits per heavy atom. The molecule has 1 aromatic heterocycles. The Morgan fingerprint density at radius 1 is 1.24 bits per heavy atom. The standard InChI is InChI=1S/C23H22N4O2/c1-16-17(12-19(14-25)26(16)2)11-18(13-24)22(28)27-15-23(7-9-29-10-8-23)20-5-3-4-6-21(20)27/h3-6,11-12H,7-10,15H2,1-2H3/b18-11+. The highest BCUT2D eigenvalue weighted by Gasteiger charge is 2.45. The van der Waals surface area contributed by atoms with Crippen LogP contribution in [0.4, 0.5) is 5.69 Å². The molecule has 0 unspecified atom stereocenters. The first-order chi connectivity index (χ1) is 14.0. The normalized spacial score (nSPS) is 17.7. The number of nitriles is 2. The van der Waals surface area contributed by atoms with Gasteiger partial charge in [0, 0.05) is 43.6 Å². The molecule has 1 saturated heterocycles. The third-order valence-corrected chi connectivity index (χ3v) is 6.26. The Balaban J connectivity index is 1.72. The molecular weight excluding hydrogens is 364 g/mol. The minimum Gasteiger partial charge on any atom is -0.381 e. The highest BCUT2D eigenvalue weighted by atomic mass is 16.5. The molecule has 1 amide bonds. The summed E-state index contributed by atoms with van der Waals surface area (Å²) in [6.45, 7) is 3.79. The van der Waals surface area contributed by atoms with E-state index >= 15 is 0 Å². The Kier molecular flexibility index (Phi) is 4.74. The van der Waals surface area contributed by atoms with Crippen molar-refractivity contribution in [3.63, 3.8) is 0 Å². The molecule has 1 fully saturated rings. The van der Waals surface area contributed by atoms with Gasteiger partial charge in [0.2, 0.25) is 0 Å². The zero-order chi connectivity index (χ0) is 20.6. The molecular formula is C23H22N4O2. The maximum atomic E-state index is 13.4. The van der Waals surface area contributed by atoms with Gasteiger partial charge in [0.15, 0.2) is 0 Å². The van der Waals surface area contributed by atoms with Crippen molar-refractivity contribution in [1.29, 1.82) is 10.5 Å². The van der Waals surface area contributed by atoms with Gasteiger partial charge in [-0.15, -0.1) is 0 Å². The largest absolute Gasteiger partial charge is 0.381 e. The molecule has 6 heteroatoms. The fourth-order valence-electron chi connectivity index (χ4n) is 4.42. The van der Waals surface area contributed by atoms with Gasteiger partial charge in [-0.25, -0.2) is 0 Å². The maximum absolute atomic E-state index is 13.4. The smallest absolute Gasteiger partial charge is 0.268 e. The van der Waals surface area contributed by atoms with Crippen LogP contribution in [-0.2, 0) is 22.0 Å². The van der Waals surface area contributed by atoms with Gasteiger partial charge < -0.3 is 14.2 Å². The van der Waals surface area contributed by atoms with E-state index in [9.17, 15) is 15.3 Å². The van der Waals surface area contributed by atoms with Crippen LogP contribution in [-0.4, -0.2) is 30.2 Å². The van der Waals surface area contributed by atoms with Gasteiger partial charge in [0.1, 0.15) is 23.4 Å². The molecule has 1 aromatic carbocycles. The summed E-state index contributed by atoms with van der Waals surface area (Å²) in [5, 5.41) is 19.0. The van der Waals surface area contributed by atoms with Crippen LogP contribution in [0.5, 0.6) is 0 Å². The number of anilines is 1. The zero-order valence-electron chi connectivity index (χ0n) is 16.6. The third-order valence-electron chi connectivity index (χ3n) is 6.26. The van der Waals surface area contributed by atoms with E-state index in [-0.39, 0.29) is 16.9 Å². The average molecular weight is 386 g/mol. The van der Waals surface area contributed by atoms with Gasteiger partial charge in [-0.05, 0) is 49.1 Å². The number of carbonyl (C=O) groups is 1. The predicted octanol–water partition coefficient (Wildman–Crippen LogP) is 3.21. The first-order valence-electron chi connectivity index (χ1n) is 9.68. The number of benzene rings is 1. The fraction of sp³-hybridized carbons (Fsp3) is 0.348. The summed E-state index contributed by atoms with van der Waals surface area (Å²) >= 11 is 0. The summed E-state index contributed by atoms with van der Waals surface area (Å²) < 4.78 is 7.31. The van der Waals surface area contributed by atoms with Crippen molar-refractivity contribution in [2.45, 2.75) is 25.2 Å². The molecule has 2 aliphatic heterocycles. The van der Waals surface area contributed by atoms with Crippen LogP contribution in [0.25, 0.3) is 6.08 Å². The summed E-state index contributed by atoms with van der Waals surface area (Å²) in [6, 6.07) is 13.9. The van der Waals surface area contributed by atoms with E-state index in [0.717, 1.165) is 29.8 Å². The number of nitrogens with zero attached hydrogens (tertiary/aromatic N) is 4. The van der Waals surface area contributed by atoms with Gasteiger partial charge >= 0.3 is 0 Å². The number of para-hydroxylation sites is 1. The molecule has 146 valence electrons. The molecule has 3 heterocycles. The van der Waals surface area contributed by atoms with E-state index in [1.165, 1.54) is 0 Å². The number of rotatable bonds is 2. The molecule has 0 saturated carbocycles. The first-order valence-corrected chi connectivity index (χ1v) is 9.68. The highest BCUT2D eigenvalue weighted by Crippen LogP contribution is 2.47. The number of fused-ring (bicyclic) bond motifs is 2. The molecule has 0 atom stereocenters. The summed E-state index contributed by atoms with van der Waals surface area (Å²) in [4.78, 5) is 15.1. The lowest BCUT2D eigenvalue weighted by atomic mass is 9.76. The second kappa shape index (κ2) is 7.24. The minimum absolute atomic E-state index is 0.0714. The molecule has 1 spiro atoms. The van der Waals surface area contributed by atoms with Crippen molar-refractivity contribution in [3.05, 3.63) is 58.4 Å². The molecule has 0 aliphatic carbocycles. The van der Waals surface area contributed by atoms with Gasteiger partial charge in [0.05, 0.1) is 0 Å². The van der Waals surface area contributed by atoms with Crippen LogP contribution in [0.1, 0.15) is 35.4 Å². The van der Waals surface area contributed by atoms with E-state index in [0.29, 0.717) is 31.0 Å². The van der Waals surface area contributed by atoms with Crippen molar-refractivity contribution in [3.8, 4) is 12.1 Å². The van der Waals surface area contributed by atoms with E-state index in [4.69, 9.17) is 4.74 Å². The van der Waals surface area contributed by atoms with Crippen LogP contribution in [0.15, 0.2) is 35.9 Å². The second-order valence-electron chi connectivity index (χ2n) is 7.71. The highest BCUT2D eigenvalue weighted by molar-refractivity contribution is 6.12. The number of hydrogen-bond donors (Lipinski definition) is 0. The summed E-state index contributed by atoms with van der Waals surface area (Å²) in [5.74, 6) is -0.301. The molecule has 29 heavy (non-hydrogen) atoms. The van der Waals surface area contributed by atoms with Gasteiger partial charge in [-0.1, -0.05) is 18.2 Å². The number of aromatic nitrogens is 1. The Labute approximate surface area is 170 Å². The lowest BCUT2D eigenvalue weighted by molar-refractivity contribution is -0.114. The molecule has 0 N–H and O–H groups in total. The Hall–Kier alpha value is -3.35. The van der Waals surface area contributed by atoms with Crippen LogP contribution in [0.3, 0.4) is 0 Å². The number of ether oxygens (including phenoxy) is 1. The SMILES string of the molecule is Cc1c(/C=C(\C#N)C(=O)N2CC3(CCOCC3)c3ccccc32)cc(C#N)n1C. The molecule has 2 aromatic rings. The van der Waals surface area contributed by atoms with Crippen LogP contribution < -0.4 is 4.90 Å². The second-order valence-corrected chi connectivity index (χ2v) is 7.71.